The summed E-state index contributed by atoms with van der Waals surface area (Å²) in [5.74, 6) is 0.934. The number of ketones is 1. The Bertz CT molecular complexity index is 1120. The van der Waals surface area contributed by atoms with Crippen LogP contribution in [0, 0.1) is 11.7 Å². The minimum absolute atomic E-state index is 0.0852. The van der Waals surface area contributed by atoms with Crippen molar-refractivity contribution in [2.45, 2.75) is 58.3 Å². The van der Waals surface area contributed by atoms with Crippen LogP contribution in [0.3, 0.4) is 0 Å². The predicted molar refractivity (Wildman–Crippen MR) is 167 cm³/mol. The Morgan fingerprint density at radius 1 is 0.955 bits per heavy atom. The van der Waals surface area contributed by atoms with Crippen molar-refractivity contribution in [3.05, 3.63) is 36.3 Å². The molecule has 0 spiro atoms. The third-order valence-corrected chi connectivity index (χ3v) is 7.19. The number of Topliss-reactive ketones (excluding diaryl/α,β-unsaturated/α-hetero) is 1. The molecule has 0 saturated heterocycles. The number of carbonyl (C=O) groups excluding carboxylic acids is 2. The first-order chi connectivity index (χ1) is 21.5. The molecular weight excluding hydrogens is 569 g/mol. The number of hydrogen-bond acceptors (Lipinski definition) is 10. The quantitative estimate of drug-likeness (QED) is 0.156. The third-order valence-electron chi connectivity index (χ3n) is 7.19. The van der Waals surface area contributed by atoms with E-state index in [-0.39, 0.29) is 36.0 Å². The molecule has 1 saturated carbocycles. The number of ether oxygens (including phenoxy) is 4. The molecular formula is C32H48FN5O6. The standard InChI is InChI=1S/C32H48FN5O6/c1-3-27(39)24-43-21-7-19-41-17-4-5-18-42-20-8-22-44-28-13-11-26(12-14-28)36-32-35-23-29(33)30(37-32)34-15-16-38(2)31(40)25-9-6-10-25/h11-14,23,25H,3-10,15-22,24H2,1-2H3,(H2,34,35,36,37). The maximum Gasteiger partial charge on any atom is 0.229 e. The molecule has 1 heterocycles. The van der Waals surface area contributed by atoms with Gasteiger partial charge in [0.15, 0.2) is 17.4 Å². The molecule has 12 heteroatoms. The molecule has 1 aliphatic carbocycles. The molecule has 0 aliphatic heterocycles. The summed E-state index contributed by atoms with van der Waals surface area (Å²) in [4.78, 5) is 33.4. The highest BCUT2D eigenvalue weighted by molar-refractivity contribution is 5.79. The lowest BCUT2D eigenvalue weighted by Gasteiger charge is -2.29. The smallest absolute Gasteiger partial charge is 0.229 e. The topological polar surface area (TPSA) is 124 Å². The van der Waals surface area contributed by atoms with E-state index in [1.54, 1.807) is 11.9 Å². The maximum atomic E-state index is 14.2. The highest BCUT2D eigenvalue weighted by Gasteiger charge is 2.27. The molecule has 1 aromatic heterocycles. The third kappa shape index (κ3) is 13.5. The monoisotopic (exact) mass is 617 g/mol. The van der Waals surface area contributed by atoms with Crippen LogP contribution in [0.25, 0.3) is 0 Å². The number of likely N-dealkylation sites (N-methyl/N-ethyl adjacent to an activating group) is 1. The number of halogens is 1. The molecule has 3 rings (SSSR count). The van der Waals surface area contributed by atoms with Gasteiger partial charge in [-0.1, -0.05) is 13.3 Å². The highest BCUT2D eigenvalue weighted by atomic mass is 19.1. The van der Waals surface area contributed by atoms with E-state index in [9.17, 15) is 14.0 Å². The summed E-state index contributed by atoms with van der Waals surface area (Å²) in [7, 11) is 1.77. The van der Waals surface area contributed by atoms with Gasteiger partial charge >= 0.3 is 0 Å². The molecule has 1 amide bonds. The van der Waals surface area contributed by atoms with Crippen LogP contribution in [0.4, 0.5) is 21.8 Å². The number of amides is 1. The van der Waals surface area contributed by atoms with Crippen molar-refractivity contribution in [2.75, 3.05) is 77.0 Å². The number of hydrogen-bond donors (Lipinski definition) is 2. The molecule has 244 valence electrons. The van der Waals surface area contributed by atoms with Crippen molar-refractivity contribution in [3.8, 4) is 5.75 Å². The number of nitrogens with one attached hydrogen (secondary N) is 2. The van der Waals surface area contributed by atoms with Gasteiger partial charge in [0, 0.05) is 77.6 Å². The number of rotatable bonds is 24. The van der Waals surface area contributed by atoms with E-state index in [0.717, 1.165) is 62.6 Å². The number of aromatic nitrogens is 2. The van der Waals surface area contributed by atoms with Gasteiger partial charge in [0.25, 0.3) is 0 Å². The van der Waals surface area contributed by atoms with Crippen LogP contribution in [0.2, 0.25) is 0 Å². The van der Waals surface area contributed by atoms with E-state index in [2.05, 4.69) is 20.6 Å². The van der Waals surface area contributed by atoms with Gasteiger partial charge in [-0.05, 0) is 56.4 Å². The summed E-state index contributed by atoms with van der Waals surface area (Å²) in [5, 5.41) is 6.04. The maximum absolute atomic E-state index is 14.2. The van der Waals surface area contributed by atoms with E-state index >= 15 is 0 Å². The normalized spacial score (nSPS) is 12.9. The average molecular weight is 618 g/mol. The lowest BCUT2D eigenvalue weighted by atomic mass is 9.84. The minimum atomic E-state index is -0.554. The van der Waals surface area contributed by atoms with Gasteiger partial charge < -0.3 is 34.5 Å². The van der Waals surface area contributed by atoms with Crippen LogP contribution in [0.1, 0.15) is 58.3 Å². The zero-order valence-electron chi connectivity index (χ0n) is 26.2. The number of nitrogens with zero attached hydrogens (tertiary/aromatic N) is 3. The molecule has 1 fully saturated rings. The summed E-state index contributed by atoms with van der Waals surface area (Å²) in [6, 6.07) is 7.37. The molecule has 11 nitrogen and oxygen atoms in total. The van der Waals surface area contributed by atoms with Crippen LogP contribution in [-0.4, -0.2) is 92.9 Å². The molecule has 2 N–H and O–H groups in total. The van der Waals surface area contributed by atoms with Gasteiger partial charge in [-0.15, -0.1) is 0 Å². The molecule has 44 heavy (non-hydrogen) atoms. The molecule has 1 aliphatic rings. The number of anilines is 3. The second-order valence-electron chi connectivity index (χ2n) is 10.8. The van der Waals surface area contributed by atoms with E-state index < -0.39 is 5.82 Å². The fraction of sp³-hybridized carbons (Fsp3) is 0.625. The van der Waals surface area contributed by atoms with E-state index in [1.807, 2.05) is 31.2 Å². The Morgan fingerprint density at radius 3 is 2.27 bits per heavy atom. The van der Waals surface area contributed by atoms with Crippen molar-refractivity contribution >= 4 is 29.1 Å². The minimum Gasteiger partial charge on any atom is -0.494 e. The molecule has 0 atom stereocenters. The number of unbranched alkanes of at least 4 members (excludes halogenated alkanes) is 1. The lowest BCUT2D eigenvalue weighted by Crippen LogP contribution is -2.38. The van der Waals surface area contributed by atoms with Crippen LogP contribution < -0.4 is 15.4 Å². The molecule has 0 bridgehead atoms. The highest BCUT2D eigenvalue weighted by Crippen LogP contribution is 2.27. The first-order valence-corrected chi connectivity index (χ1v) is 15.7. The van der Waals surface area contributed by atoms with Crippen molar-refractivity contribution in [1.82, 2.24) is 14.9 Å². The van der Waals surface area contributed by atoms with Gasteiger partial charge in [0.2, 0.25) is 11.9 Å². The molecule has 1 aromatic carbocycles. The fourth-order valence-electron chi connectivity index (χ4n) is 4.25. The van der Waals surface area contributed by atoms with Gasteiger partial charge in [0.1, 0.15) is 12.4 Å². The van der Waals surface area contributed by atoms with Gasteiger partial charge in [-0.2, -0.15) is 4.98 Å². The number of benzene rings is 1. The van der Waals surface area contributed by atoms with Gasteiger partial charge in [-0.25, -0.2) is 9.37 Å². The van der Waals surface area contributed by atoms with Crippen LogP contribution in [0.5, 0.6) is 5.75 Å². The van der Waals surface area contributed by atoms with Gasteiger partial charge in [-0.3, -0.25) is 9.59 Å². The van der Waals surface area contributed by atoms with Crippen LogP contribution in [-0.2, 0) is 23.8 Å². The predicted octanol–water partition coefficient (Wildman–Crippen LogP) is 5.00. The Labute approximate surface area is 260 Å². The van der Waals surface area contributed by atoms with E-state index in [4.69, 9.17) is 18.9 Å². The zero-order valence-corrected chi connectivity index (χ0v) is 26.2. The van der Waals surface area contributed by atoms with Crippen LogP contribution in [0.15, 0.2) is 30.5 Å². The largest absolute Gasteiger partial charge is 0.494 e. The Morgan fingerprint density at radius 2 is 1.61 bits per heavy atom. The summed E-state index contributed by atoms with van der Waals surface area (Å²) >= 11 is 0. The first-order valence-electron chi connectivity index (χ1n) is 15.7. The fourth-order valence-corrected chi connectivity index (χ4v) is 4.25. The Balaban J connectivity index is 1.21. The van der Waals surface area contributed by atoms with Crippen molar-refractivity contribution in [3.63, 3.8) is 0 Å². The van der Waals surface area contributed by atoms with Crippen molar-refractivity contribution in [1.29, 1.82) is 0 Å². The average Bonchev–Trinajstić information content (AvgIpc) is 3.00. The van der Waals surface area contributed by atoms with Gasteiger partial charge in [0.05, 0.1) is 12.8 Å². The zero-order chi connectivity index (χ0) is 31.4. The summed E-state index contributed by atoms with van der Waals surface area (Å²) in [6.07, 6.45) is 8.09. The van der Waals surface area contributed by atoms with Crippen molar-refractivity contribution < 1.29 is 32.9 Å². The summed E-state index contributed by atoms with van der Waals surface area (Å²) in [5.41, 5.74) is 0.741. The SMILES string of the molecule is CCC(=O)COCCCOCCCCOCCCOc1ccc(Nc2ncc(F)c(NCCN(C)C(=O)C3CCC3)n2)cc1. The van der Waals surface area contributed by atoms with E-state index in [0.29, 0.717) is 59.2 Å². The first kappa shape index (κ1) is 35.1. The Hall–Kier alpha value is -3.35. The number of carbonyl (C=O) groups is 2. The van der Waals surface area contributed by atoms with E-state index in [1.165, 1.54) is 0 Å². The molecule has 0 radical (unpaired) electrons. The molecule has 0 unspecified atom stereocenters. The second kappa shape index (κ2) is 20.6. The summed E-state index contributed by atoms with van der Waals surface area (Å²) < 4.78 is 36.6. The second-order valence-corrected chi connectivity index (χ2v) is 10.8. The Kier molecular flexibility index (Phi) is 16.4. The lowest BCUT2D eigenvalue weighted by molar-refractivity contribution is -0.136. The molecule has 2 aromatic rings. The van der Waals surface area contributed by atoms with Crippen molar-refractivity contribution in [2.24, 2.45) is 5.92 Å². The van der Waals surface area contributed by atoms with Crippen LogP contribution >= 0.6 is 0 Å². The summed E-state index contributed by atoms with van der Waals surface area (Å²) in [6.45, 7) is 6.61.